The lowest BCUT2D eigenvalue weighted by Crippen LogP contribution is -2.17. The van der Waals surface area contributed by atoms with E-state index < -0.39 is 6.43 Å². The van der Waals surface area contributed by atoms with Gasteiger partial charge >= 0.3 is 0 Å². The highest BCUT2D eigenvalue weighted by Gasteiger charge is 2.05. The lowest BCUT2D eigenvalue weighted by molar-refractivity contribution is 0.151. The highest BCUT2D eigenvalue weighted by atomic mass is 19.3. The Morgan fingerprint density at radius 2 is 1.90 bits per heavy atom. The van der Waals surface area contributed by atoms with Gasteiger partial charge in [-0.05, 0) is 38.4 Å². The summed E-state index contributed by atoms with van der Waals surface area (Å²) < 4.78 is 26.9. The van der Waals surface area contributed by atoms with Crippen molar-refractivity contribution in [3.63, 3.8) is 0 Å². The van der Waals surface area contributed by atoms with Crippen molar-refractivity contribution in [3.05, 3.63) is 52.8 Å². The Bertz CT molecular complexity index is 561. The topological polar surface area (TPSA) is 29.9 Å². The van der Waals surface area contributed by atoms with E-state index in [1.807, 2.05) is 11.6 Å². The summed E-state index contributed by atoms with van der Waals surface area (Å²) in [5.41, 5.74) is 3.31. The lowest BCUT2D eigenvalue weighted by atomic mass is 10.1. The lowest BCUT2D eigenvalue weighted by Gasteiger charge is -2.07. The van der Waals surface area contributed by atoms with Gasteiger partial charge in [0.1, 0.15) is 0 Å². The highest BCUT2D eigenvalue weighted by Crippen LogP contribution is 2.18. The van der Waals surface area contributed by atoms with Crippen LogP contribution in [0.3, 0.4) is 0 Å². The molecule has 5 heteroatoms. The quantitative estimate of drug-likeness (QED) is 0.790. The van der Waals surface area contributed by atoms with Crippen LogP contribution in [-0.4, -0.2) is 16.3 Å². The fourth-order valence-corrected chi connectivity index (χ4v) is 2.27. The minimum absolute atomic E-state index is 0.0725. The predicted octanol–water partition coefficient (Wildman–Crippen LogP) is 3.62. The van der Waals surface area contributed by atoms with Gasteiger partial charge < -0.3 is 5.32 Å². The molecule has 0 unspecified atom stereocenters. The molecule has 0 aliphatic rings. The average molecular weight is 293 g/mol. The van der Waals surface area contributed by atoms with Gasteiger partial charge in [-0.1, -0.05) is 24.3 Å². The minimum atomic E-state index is -2.40. The SMILES string of the molecule is Cc1cc(C)n(CCCNCc2ccc(C(F)F)cc2)n1. The standard InChI is InChI=1S/C16H21F2N3/c1-12-10-13(2)21(20-12)9-3-8-19-11-14-4-6-15(7-5-14)16(17)18/h4-7,10,16,19H,3,8-9,11H2,1-2H3. The Morgan fingerprint density at radius 1 is 1.19 bits per heavy atom. The average Bonchev–Trinajstić information content (AvgIpc) is 2.77. The summed E-state index contributed by atoms with van der Waals surface area (Å²) in [6.45, 7) is 6.50. The van der Waals surface area contributed by atoms with E-state index >= 15 is 0 Å². The molecule has 0 spiro atoms. The number of rotatable bonds is 7. The van der Waals surface area contributed by atoms with Crippen LogP contribution in [0.2, 0.25) is 0 Å². The van der Waals surface area contributed by atoms with Crippen molar-refractivity contribution in [2.75, 3.05) is 6.54 Å². The molecule has 0 aliphatic carbocycles. The van der Waals surface area contributed by atoms with Crippen LogP contribution in [0.25, 0.3) is 0 Å². The molecule has 0 amide bonds. The third-order valence-corrected chi connectivity index (χ3v) is 3.39. The molecule has 0 bridgehead atoms. The Kier molecular flexibility index (Phi) is 5.44. The molecule has 114 valence electrons. The molecule has 0 aliphatic heterocycles. The van der Waals surface area contributed by atoms with Gasteiger partial charge in [0.15, 0.2) is 0 Å². The van der Waals surface area contributed by atoms with E-state index in [1.54, 1.807) is 12.1 Å². The van der Waals surface area contributed by atoms with Gasteiger partial charge in [0.2, 0.25) is 0 Å². The summed E-state index contributed by atoms with van der Waals surface area (Å²) in [6.07, 6.45) is -1.41. The summed E-state index contributed by atoms with van der Waals surface area (Å²) in [7, 11) is 0. The summed E-state index contributed by atoms with van der Waals surface area (Å²) in [6, 6.07) is 8.53. The number of halogens is 2. The second-order valence-electron chi connectivity index (χ2n) is 5.22. The molecule has 1 heterocycles. The van der Waals surface area contributed by atoms with Gasteiger partial charge in [0.25, 0.3) is 6.43 Å². The molecular weight excluding hydrogens is 272 g/mol. The van der Waals surface area contributed by atoms with Gasteiger partial charge in [0, 0.05) is 24.3 Å². The van der Waals surface area contributed by atoms with E-state index in [0.717, 1.165) is 30.8 Å². The monoisotopic (exact) mass is 293 g/mol. The van der Waals surface area contributed by atoms with Crippen LogP contribution in [0, 0.1) is 13.8 Å². The van der Waals surface area contributed by atoms with Crippen molar-refractivity contribution < 1.29 is 8.78 Å². The van der Waals surface area contributed by atoms with Gasteiger partial charge in [-0.25, -0.2) is 8.78 Å². The summed E-state index contributed by atoms with van der Waals surface area (Å²) >= 11 is 0. The number of nitrogens with one attached hydrogen (secondary N) is 1. The van der Waals surface area contributed by atoms with E-state index in [0.29, 0.717) is 6.54 Å². The molecule has 0 fully saturated rings. The van der Waals surface area contributed by atoms with Crippen molar-refractivity contribution in [2.45, 2.75) is 39.8 Å². The first-order chi connectivity index (χ1) is 10.1. The zero-order valence-corrected chi connectivity index (χ0v) is 12.4. The van der Waals surface area contributed by atoms with Crippen LogP contribution >= 0.6 is 0 Å². The third kappa shape index (κ3) is 4.63. The maximum absolute atomic E-state index is 12.4. The van der Waals surface area contributed by atoms with Crippen LogP contribution in [-0.2, 0) is 13.1 Å². The number of aromatic nitrogens is 2. The smallest absolute Gasteiger partial charge is 0.263 e. The Morgan fingerprint density at radius 3 is 2.48 bits per heavy atom. The van der Waals surface area contributed by atoms with E-state index in [4.69, 9.17) is 0 Å². The molecule has 1 N–H and O–H groups in total. The van der Waals surface area contributed by atoms with Gasteiger partial charge in [-0.15, -0.1) is 0 Å². The van der Waals surface area contributed by atoms with E-state index in [2.05, 4.69) is 23.4 Å². The Hall–Kier alpha value is -1.75. The summed E-state index contributed by atoms with van der Waals surface area (Å²) in [5, 5.41) is 7.73. The molecule has 0 atom stereocenters. The van der Waals surface area contributed by atoms with Crippen molar-refractivity contribution in [1.29, 1.82) is 0 Å². The number of alkyl halides is 2. The van der Waals surface area contributed by atoms with E-state index in [-0.39, 0.29) is 5.56 Å². The molecule has 0 saturated heterocycles. The largest absolute Gasteiger partial charge is 0.313 e. The number of hydrogen-bond donors (Lipinski definition) is 1. The molecule has 21 heavy (non-hydrogen) atoms. The number of benzene rings is 1. The third-order valence-electron chi connectivity index (χ3n) is 3.39. The van der Waals surface area contributed by atoms with Crippen molar-refractivity contribution in [1.82, 2.24) is 15.1 Å². The number of aryl methyl sites for hydroxylation is 3. The molecule has 2 aromatic rings. The molecule has 0 saturated carbocycles. The molecule has 3 nitrogen and oxygen atoms in total. The fourth-order valence-electron chi connectivity index (χ4n) is 2.27. The van der Waals surface area contributed by atoms with Crippen LogP contribution in [0.5, 0.6) is 0 Å². The predicted molar refractivity (Wildman–Crippen MR) is 79.4 cm³/mol. The van der Waals surface area contributed by atoms with Crippen LogP contribution in [0.15, 0.2) is 30.3 Å². The first-order valence-corrected chi connectivity index (χ1v) is 7.15. The minimum Gasteiger partial charge on any atom is -0.313 e. The van der Waals surface area contributed by atoms with Crippen molar-refractivity contribution in [3.8, 4) is 0 Å². The van der Waals surface area contributed by atoms with Crippen LogP contribution in [0.1, 0.15) is 35.4 Å². The molecule has 0 radical (unpaired) electrons. The van der Waals surface area contributed by atoms with Gasteiger partial charge in [-0.2, -0.15) is 5.10 Å². The Labute approximate surface area is 124 Å². The molecular formula is C16H21F2N3. The van der Waals surface area contributed by atoms with E-state index in [9.17, 15) is 8.78 Å². The highest BCUT2D eigenvalue weighted by molar-refractivity contribution is 5.23. The zero-order valence-electron chi connectivity index (χ0n) is 12.4. The van der Waals surface area contributed by atoms with Crippen molar-refractivity contribution in [2.24, 2.45) is 0 Å². The second kappa shape index (κ2) is 7.31. The summed E-state index contributed by atoms with van der Waals surface area (Å²) in [5.74, 6) is 0. The maximum Gasteiger partial charge on any atom is 0.263 e. The normalized spacial score (nSPS) is 11.3. The summed E-state index contributed by atoms with van der Waals surface area (Å²) in [4.78, 5) is 0. The van der Waals surface area contributed by atoms with Crippen LogP contribution < -0.4 is 5.32 Å². The van der Waals surface area contributed by atoms with E-state index in [1.165, 1.54) is 17.8 Å². The first kappa shape index (κ1) is 15.6. The first-order valence-electron chi connectivity index (χ1n) is 7.15. The maximum atomic E-state index is 12.4. The van der Waals surface area contributed by atoms with Crippen LogP contribution in [0.4, 0.5) is 8.78 Å². The van der Waals surface area contributed by atoms with Gasteiger partial charge in [0.05, 0.1) is 5.69 Å². The van der Waals surface area contributed by atoms with Gasteiger partial charge in [-0.3, -0.25) is 4.68 Å². The fraction of sp³-hybridized carbons (Fsp3) is 0.438. The zero-order chi connectivity index (χ0) is 15.2. The van der Waals surface area contributed by atoms with Crippen molar-refractivity contribution >= 4 is 0 Å². The Balaban J connectivity index is 1.69. The number of nitrogens with zero attached hydrogens (tertiary/aromatic N) is 2. The molecule has 1 aromatic heterocycles. The molecule has 1 aromatic carbocycles. The second-order valence-corrected chi connectivity index (χ2v) is 5.22. The molecule has 2 rings (SSSR count). The number of hydrogen-bond acceptors (Lipinski definition) is 2.